The minimum atomic E-state index is -0.177. The van der Waals surface area contributed by atoms with E-state index in [0.29, 0.717) is 27.7 Å². The second kappa shape index (κ2) is 9.69. The molecule has 1 N–H and O–H groups in total. The van der Waals surface area contributed by atoms with Gasteiger partial charge in [-0.05, 0) is 68.6 Å². The van der Waals surface area contributed by atoms with E-state index in [0.717, 1.165) is 35.2 Å². The molecule has 0 aromatic carbocycles. The van der Waals surface area contributed by atoms with E-state index in [-0.39, 0.29) is 17.6 Å². The number of amides is 2. The first-order valence-electron chi connectivity index (χ1n) is 12.4. The van der Waals surface area contributed by atoms with Crippen molar-refractivity contribution in [3.05, 3.63) is 29.1 Å². The van der Waals surface area contributed by atoms with Crippen LogP contribution in [0.15, 0.2) is 17.8 Å². The second-order valence-electron chi connectivity index (χ2n) is 10.9. The molecule has 0 saturated heterocycles. The van der Waals surface area contributed by atoms with E-state index < -0.39 is 0 Å². The second-order valence-corrected chi connectivity index (χ2v) is 12.8. The number of nitrogens with one attached hydrogen (secondary N) is 1. The van der Waals surface area contributed by atoms with Crippen molar-refractivity contribution < 1.29 is 9.59 Å². The van der Waals surface area contributed by atoms with Gasteiger partial charge >= 0.3 is 0 Å². The first-order valence-corrected chi connectivity index (χ1v) is 14.2. The molecule has 4 aliphatic rings. The molecule has 4 fully saturated rings. The van der Waals surface area contributed by atoms with E-state index in [9.17, 15) is 9.59 Å². The van der Waals surface area contributed by atoms with Crippen LogP contribution in [-0.2, 0) is 17.8 Å². The molecule has 0 unspecified atom stereocenters. The van der Waals surface area contributed by atoms with Crippen LogP contribution in [0, 0.1) is 30.1 Å². The normalized spacial score (nSPS) is 26.7. The van der Waals surface area contributed by atoms with E-state index in [4.69, 9.17) is 0 Å². The van der Waals surface area contributed by atoms with Gasteiger partial charge in [0, 0.05) is 27.1 Å². The topological polar surface area (TPSA) is 93.0 Å². The van der Waals surface area contributed by atoms with Crippen molar-refractivity contribution in [3.63, 3.8) is 0 Å². The summed E-state index contributed by atoms with van der Waals surface area (Å²) < 4.78 is 2.13. The van der Waals surface area contributed by atoms with Gasteiger partial charge in [0.2, 0.25) is 5.91 Å². The Labute approximate surface area is 215 Å². The molecule has 0 spiro atoms. The molecule has 4 aliphatic carbocycles. The maximum Gasteiger partial charge on any atom is 0.265 e. The molecule has 6 rings (SSSR count). The summed E-state index contributed by atoms with van der Waals surface area (Å²) in [4.78, 5) is 31.3. The average Bonchev–Trinajstić information content (AvgIpc) is 3.33. The molecular formula is C25H34N6O2S2. The lowest BCUT2D eigenvalue weighted by molar-refractivity contribution is -0.113. The van der Waals surface area contributed by atoms with Gasteiger partial charge < -0.3 is 14.8 Å². The van der Waals surface area contributed by atoms with Gasteiger partial charge in [0.15, 0.2) is 10.3 Å². The Hall–Kier alpha value is -2.20. The van der Waals surface area contributed by atoms with E-state index in [2.05, 4.69) is 31.6 Å². The predicted molar refractivity (Wildman–Crippen MR) is 139 cm³/mol. The number of hydrogen-bond donors (Lipinski definition) is 1. The largest absolute Gasteiger partial charge is 0.344 e. The number of aromatic nitrogens is 4. The first kappa shape index (κ1) is 24.5. The summed E-state index contributed by atoms with van der Waals surface area (Å²) in [5, 5.41) is 13.1. The lowest BCUT2D eigenvalue weighted by Gasteiger charge is -2.56. The summed E-state index contributed by atoms with van der Waals surface area (Å²) in [6, 6.07) is 0. The van der Waals surface area contributed by atoms with Gasteiger partial charge in [-0.1, -0.05) is 29.2 Å². The van der Waals surface area contributed by atoms with E-state index in [1.807, 2.05) is 6.08 Å². The number of rotatable bonds is 9. The third-order valence-electron chi connectivity index (χ3n) is 7.78. The Morgan fingerprint density at radius 3 is 2.46 bits per heavy atom. The number of nitrogens with zero attached hydrogens (tertiary/aromatic N) is 5. The van der Waals surface area contributed by atoms with Gasteiger partial charge in [-0.3, -0.25) is 9.59 Å². The Morgan fingerprint density at radius 1 is 1.20 bits per heavy atom. The number of carbonyl (C=O) groups is 2. The molecule has 2 aromatic heterocycles. The van der Waals surface area contributed by atoms with Crippen molar-refractivity contribution in [1.82, 2.24) is 24.6 Å². The summed E-state index contributed by atoms with van der Waals surface area (Å²) in [5.74, 6) is 3.63. The zero-order valence-corrected chi connectivity index (χ0v) is 22.4. The van der Waals surface area contributed by atoms with Crippen molar-refractivity contribution in [2.24, 2.45) is 23.2 Å². The van der Waals surface area contributed by atoms with Crippen LogP contribution < -0.4 is 5.32 Å². The van der Waals surface area contributed by atoms with Crippen LogP contribution in [0.4, 0.5) is 5.13 Å². The van der Waals surface area contributed by atoms with Gasteiger partial charge in [-0.2, -0.15) is 0 Å². The molecule has 35 heavy (non-hydrogen) atoms. The SMILES string of the molecule is C=CCn1c(CC23CC4CC(CC(C4)C2)C3)nnc1SCC(=O)Nc1nc(C)c(C(=O)N(C)C)s1. The average molecular weight is 515 g/mol. The Balaban J connectivity index is 1.23. The van der Waals surface area contributed by atoms with E-state index in [1.54, 1.807) is 21.0 Å². The number of carbonyl (C=O) groups excluding carboxylic acids is 2. The fraction of sp³-hybridized carbons (Fsp3) is 0.640. The summed E-state index contributed by atoms with van der Waals surface area (Å²) in [7, 11) is 3.40. The Kier molecular flexibility index (Phi) is 6.78. The monoisotopic (exact) mass is 514 g/mol. The van der Waals surface area contributed by atoms with Crippen molar-refractivity contribution >= 4 is 40.0 Å². The minimum Gasteiger partial charge on any atom is -0.344 e. The molecule has 0 radical (unpaired) electrons. The highest BCUT2D eigenvalue weighted by atomic mass is 32.2. The van der Waals surface area contributed by atoms with Gasteiger partial charge in [0.25, 0.3) is 5.91 Å². The maximum atomic E-state index is 12.6. The Bertz CT molecular complexity index is 1100. The lowest BCUT2D eigenvalue weighted by Crippen LogP contribution is -2.47. The quantitative estimate of drug-likeness (QED) is 0.393. The molecule has 4 bridgehead atoms. The van der Waals surface area contributed by atoms with Gasteiger partial charge in [-0.25, -0.2) is 4.98 Å². The van der Waals surface area contributed by atoms with E-state index in [1.165, 1.54) is 66.5 Å². The number of allylic oxidation sites excluding steroid dienone is 1. The highest BCUT2D eigenvalue weighted by Crippen LogP contribution is 2.61. The predicted octanol–water partition coefficient (Wildman–Crippen LogP) is 4.42. The molecule has 0 aliphatic heterocycles. The molecule has 10 heteroatoms. The van der Waals surface area contributed by atoms with Gasteiger partial charge in [0.1, 0.15) is 10.7 Å². The summed E-state index contributed by atoms with van der Waals surface area (Å²) in [5.41, 5.74) is 1.00. The van der Waals surface area contributed by atoms with Crippen LogP contribution in [0.3, 0.4) is 0 Å². The number of hydrogen-bond acceptors (Lipinski definition) is 7. The van der Waals surface area contributed by atoms with Crippen molar-refractivity contribution in [2.45, 2.75) is 63.6 Å². The summed E-state index contributed by atoms with van der Waals surface area (Å²) >= 11 is 2.58. The van der Waals surface area contributed by atoms with E-state index >= 15 is 0 Å². The van der Waals surface area contributed by atoms with Crippen LogP contribution in [0.5, 0.6) is 0 Å². The van der Waals surface area contributed by atoms with Crippen LogP contribution >= 0.6 is 23.1 Å². The standard InChI is InChI=1S/C25H34N6O2S2/c1-5-6-31-19(13-25-10-16-7-17(11-25)9-18(8-16)12-25)28-29-24(31)34-14-20(32)27-23-26-15(2)21(35-23)22(33)30(3)4/h5,16-18H,1,6-14H2,2-4H3,(H,26,27,32). The third-order valence-corrected chi connectivity index (χ3v) is 9.81. The Morgan fingerprint density at radius 2 is 1.86 bits per heavy atom. The fourth-order valence-corrected chi connectivity index (χ4v) is 8.62. The fourth-order valence-electron chi connectivity index (χ4n) is 6.85. The van der Waals surface area contributed by atoms with Crippen LogP contribution in [0.1, 0.15) is 59.7 Å². The molecule has 8 nitrogen and oxygen atoms in total. The van der Waals surface area contributed by atoms with Gasteiger partial charge in [0.05, 0.1) is 11.4 Å². The molecule has 188 valence electrons. The van der Waals surface area contributed by atoms with Crippen molar-refractivity contribution in [2.75, 3.05) is 25.2 Å². The molecule has 2 amide bonds. The van der Waals surface area contributed by atoms with Crippen LogP contribution in [0.2, 0.25) is 0 Å². The molecule has 2 aromatic rings. The lowest BCUT2D eigenvalue weighted by atomic mass is 9.49. The zero-order valence-electron chi connectivity index (χ0n) is 20.7. The number of aryl methyl sites for hydroxylation is 1. The summed E-state index contributed by atoms with van der Waals surface area (Å²) in [6.07, 6.45) is 11.1. The molecule has 0 atom stereocenters. The summed E-state index contributed by atoms with van der Waals surface area (Å²) in [6.45, 7) is 6.35. The molecule has 4 saturated carbocycles. The van der Waals surface area contributed by atoms with Crippen LogP contribution in [-0.4, -0.2) is 56.3 Å². The van der Waals surface area contributed by atoms with Crippen LogP contribution in [0.25, 0.3) is 0 Å². The van der Waals surface area contributed by atoms with Crippen molar-refractivity contribution in [3.8, 4) is 0 Å². The zero-order chi connectivity index (χ0) is 24.7. The first-order chi connectivity index (χ1) is 16.7. The van der Waals surface area contributed by atoms with Gasteiger partial charge in [-0.15, -0.1) is 16.8 Å². The number of thiazole rings is 1. The third kappa shape index (κ3) is 5.05. The molecular weight excluding hydrogens is 480 g/mol. The molecule has 2 heterocycles. The number of anilines is 1. The number of thioether (sulfide) groups is 1. The highest BCUT2D eigenvalue weighted by molar-refractivity contribution is 7.99. The van der Waals surface area contributed by atoms with Crippen molar-refractivity contribution in [1.29, 1.82) is 0 Å². The maximum absolute atomic E-state index is 12.6. The smallest absolute Gasteiger partial charge is 0.265 e. The highest BCUT2D eigenvalue weighted by Gasteiger charge is 2.51. The minimum absolute atomic E-state index is 0.112.